The van der Waals surface area contributed by atoms with Crippen LogP contribution in [0.5, 0.6) is 0 Å². The number of benzene rings is 1. The van der Waals surface area contributed by atoms with Crippen molar-refractivity contribution in [1.29, 1.82) is 0 Å². The van der Waals surface area contributed by atoms with E-state index in [9.17, 15) is 17.6 Å². The van der Waals surface area contributed by atoms with Gasteiger partial charge in [-0.15, -0.1) is 0 Å². The second kappa shape index (κ2) is 8.95. The molecule has 0 aliphatic rings. The fourth-order valence-electron chi connectivity index (χ4n) is 2.02. The van der Waals surface area contributed by atoms with Crippen molar-refractivity contribution in [2.75, 3.05) is 45.3 Å². The number of carbonyl (C=O) groups excluding carboxylic acids is 1. The maximum atomic E-state index is 13.0. The van der Waals surface area contributed by atoms with Crippen molar-refractivity contribution in [2.45, 2.75) is 12.8 Å². The molecule has 8 heteroatoms. The van der Waals surface area contributed by atoms with Gasteiger partial charge in [0, 0.05) is 25.2 Å². The lowest BCUT2D eigenvalue weighted by molar-refractivity contribution is -0.116. The zero-order valence-electron chi connectivity index (χ0n) is 13.8. The first-order valence-electron chi connectivity index (χ1n) is 7.34. The summed E-state index contributed by atoms with van der Waals surface area (Å²) in [6, 6.07) is 5.57. The average molecular weight is 345 g/mol. The van der Waals surface area contributed by atoms with E-state index in [2.05, 4.69) is 5.32 Å². The summed E-state index contributed by atoms with van der Waals surface area (Å²) in [6.45, 7) is 1.24. The summed E-state index contributed by atoms with van der Waals surface area (Å²) < 4.78 is 37.9. The molecule has 0 spiro atoms. The van der Waals surface area contributed by atoms with Gasteiger partial charge in [0.05, 0.1) is 6.26 Å². The van der Waals surface area contributed by atoms with E-state index in [1.165, 1.54) is 22.5 Å². The van der Waals surface area contributed by atoms with Crippen molar-refractivity contribution in [1.82, 2.24) is 9.21 Å². The fourth-order valence-corrected chi connectivity index (χ4v) is 2.91. The van der Waals surface area contributed by atoms with Crippen LogP contribution in [0.15, 0.2) is 24.3 Å². The number of nitrogens with one attached hydrogen (secondary N) is 1. The average Bonchev–Trinajstić information content (AvgIpc) is 2.40. The van der Waals surface area contributed by atoms with Crippen molar-refractivity contribution in [3.8, 4) is 0 Å². The van der Waals surface area contributed by atoms with Gasteiger partial charge in [-0.2, -0.15) is 0 Å². The third-order valence-corrected chi connectivity index (χ3v) is 4.48. The van der Waals surface area contributed by atoms with Crippen LogP contribution in [0.4, 0.5) is 10.1 Å². The minimum Gasteiger partial charge on any atom is -0.326 e. The third kappa shape index (κ3) is 8.06. The maximum Gasteiger partial charge on any atom is 0.225 e. The fraction of sp³-hybridized carbons (Fsp3) is 0.533. The summed E-state index contributed by atoms with van der Waals surface area (Å²) >= 11 is 0. The third-order valence-electron chi connectivity index (χ3n) is 3.18. The van der Waals surface area contributed by atoms with E-state index in [1.54, 1.807) is 6.07 Å². The molecule has 1 aromatic carbocycles. The molecule has 6 nitrogen and oxygen atoms in total. The molecule has 1 amide bonds. The minimum absolute atomic E-state index is 0.0194. The van der Waals surface area contributed by atoms with Crippen LogP contribution in [0, 0.1) is 5.82 Å². The largest absolute Gasteiger partial charge is 0.326 e. The van der Waals surface area contributed by atoms with Gasteiger partial charge in [-0.3, -0.25) is 4.79 Å². The van der Waals surface area contributed by atoms with Crippen molar-refractivity contribution >= 4 is 21.6 Å². The van der Waals surface area contributed by atoms with E-state index in [1.807, 2.05) is 19.0 Å². The lowest BCUT2D eigenvalue weighted by Gasteiger charge is -2.20. The van der Waals surface area contributed by atoms with Gasteiger partial charge < -0.3 is 10.2 Å². The van der Waals surface area contributed by atoms with Crippen LogP contribution in [0.3, 0.4) is 0 Å². The van der Waals surface area contributed by atoms with E-state index >= 15 is 0 Å². The summed E-state index contributed by atoms with van der Waals surface area (Å²) in [5.74, 6) is -0.791. The number of sulfonamides is 1. The minimum atomic E-state index is -3.36. The molecule has 0 unspecified atom stereocenters. The Bertz CT molecular complexity index is 620. The van der Waals surface area contributed by atoms with E-state index in [-0.39, 0.29) is 18.9 Å². The van der Waals surface area contributed by atoms with Crippen LogP contribution in [-0.2, 0) is 14.8 Å². The second-order valence-electron chi connectivity index (χ2n) is 5.63. The molecule has 0 aliphatic carbocycles. The first kappa shape index (κ1) is 19.5. The summed E-state index contributed by atoms with van der Waals surface area (Å²) in [6.07, 6.45) is 1.84. The molecule has 23 heavy (non-hydrogen) atoms. The number of nitrogens with zero attached hydrogens (tertiary/aromatic N) is 2. The van der Waals surface area contributed by atoms with Crippen LogP contribution in [0.2, 0.25) is 0 Å². The molecule has 0 aliphatic heterocycles. The lowest BCUT2D eigenvalue weighted by Crippen LogP contribution is -2.35. The van der Waals surface area contributed by atoms with E-state index in [0.717, 1.165) is 12.8 Å². The monoisotopic (exact) mass is 345 g/mol. The van der Waals surface area contributed by atoms with Gasteiger partial charge in [-0.05, 0) is 45.3 Å². The van der Waals surface area contributed by atoms with Crippen molar-refractivity contribution in [3.05, 3.63) is 30.1 Å². The Labute approximate surface area is 137 Å². The lowest BCUT2D eigenvalue weighted by atomic mass is 10.3. The zero-order valence-corrected chi connectivity index (χ0v) is 14.6. The van der Waals surface area contributed by atoms with Crippen LogP contribution >= 0.6 is 0 Å². The Balaban J connectivity index is 2.51. The highest BCUT2D eigenvalue weighted by Crippen LogP contribution is 2.10. The van der Waals surface area contributed by atoms with Crippen LogP contribution < -0.4 is 5.32 Å². The maximum absolute atomic E-state index is 13.0. The van der Waals surface area contributed by atoms with Crippen LogP contribution in [0.25, 0.3) is 0 Å². The summed E-state index contributed by atoms with van der Waals surface area (Å²) in [4.78, 5) is 13.8. The van der Waals surface area contributed by atoms with Gasteiger partial charge in [0.2, 0.25) is 15.9 Å². The van der Waals surface area contributed by atoms with Crippen LogP contribution in [-0.4, -0.2) is 63.5 Å². The number of hydrogen-bond donors (Lipinski definition) is 1. The Morgan fingerprint density at radius 1 is 1.22 bits per heavy atom. The Hall–Kier alpha value is -1.51. The highest BCUT2D eigenvalue weighted by molar-refractivity contribution is 7.88. The molecule has 0 radical (unpaired) electrons. The SMILES string of the molecule is CN(C)CCCN(CCC(=O)Nc1cccc(F)c1)S(C)(=O)=O. The molecule has 0 fully saturated rings. The first-order valence-corrected chi connectivity index (χ1v) is 9.18. The highest BCUT2D eigenvalue weighted by atomic mass is 32.2. The molecule has 0 saturated carbocycles. The number of hydrogen-bond acceptors (Lipinski definition) is 4. The number of anilines is 1. The predicted octanol–water partition coefficient (Wildman–Crippen LogP) is 1.37. The van der Waals surface area contributed by atoms with Gasteiger partial charge in [-0.1, -0.05) is 6.07 Å². The summed E-state index contributed by atoms with van der Waals surface area (Å²) in [5, 5.41) is 2.56. The molecular weight excluding hydrogens is 321 g/mol. The van der Waals surface area contributed by atoms with Gasteiger partial charge in [0.15, 0.2) is 0 Å². The number of amides is 1. The molecule has 0 bridgehead atoms. The highest BCUT2D eigenvalue weighted by Gasteiger charge is 2.17. The molecule has 130 valence electrons. The zero-order chi connectivity index (χ0) is 17.5. The molecule has 1 aromatic rings. The van der Waals surface area contributed by atoms with E-state index in [0.29, 0.717) is 18.7 Å². The topological polar surface area (TPSA) is 69.7 Å². The van der Waals surface area contributed by atoms with Crippen molar-refractivity contribution in [3.63, 3.8) is 0 Å². The van der Waals surface area contributed by atoms with Gasteiger partial charge in [0.25, 0.3) is 0 Å². The Morgan fingerprint density at radius 2 is 1.91 bits per heavy atom. The first-order chi connectivity index (χ1) is 10.7. The van der Waals surface area contributed by atoms with Crippen LogP contribution in [0.1, 0.15) is 12.8 Å². The Kier molecular flexibility index (Phi) is 7.60. The van der Waals surface area contributed by atoms with Gasteiger partial charge in [-0.25, -0.2) is 17.1 Å². The van der Waals surface area contributed by atoms with Gasteiger partial charge in [0.1, 0.15) is 5.82 Å². The predicted molar refractivity (Wildman–Crippen MR) is 89.2 cm³/mol. The molecule has 1 N–H and O–H groups in total. The standard InChI is InChI=1S/C15H24FN3O3S/c1-18(2)9-5-10-19(23(3,21)22)11-8-15(20)17-14-7-4-6-13(16)12-14/h4,6-7,12H,5,8-11H2,1-3H3,(H,17,20). The molecule has 0 atom stereocenters. The summed E-state index contributed by atoms with van der Waals surface area (Å²) in [5.41, 5.74) is 0.355. The molecule has 0 saturated heterocycles. The number of rotatable bonds is 9. The smallest absolute Gasteiger partial charge is 0.225 e. The van der Waals surface area contributed by atoms with Crippen molar-refractivity contribution < 1.29 is 17.6 Å². The second-order valence-corrected chi connectivity index (χ2v) is 7.61. The van der Waals surface area contributed by atoms with E-state index < -0.39 is 15.8 Å². The molecule has 1 rings (SSSR count). The molecule has 0 heterocycles. The van der Waals surface area contributed by atoms with Crippen molar-refractivity contribution in [2.24, 2.45) is 0 Å². The van der Waals surface area contributed by atoms with Gasteiger partial charge >= 0.3 is 0 Å². The normalized spacial score (nSPS) is 11.9. The number of halogens is 1. The molecule has 0 aromatic heterocycles. The molecular formula is C15H24FN3O3S. The summed E-state index contributed by atoms with van der Waals surface area (Å²) in [7, 11) is 0.465. The quantitative estimate of drug-likeness (QED) is 0.734. The Morgan fingerprint density at radius 3 is 2.48 bits per heavy atom. The number of carbonyl (C=O) groups is 1. The van der Waals surface area contributed by atoms with E-state index in [4.69, 9.17) is 0 Å².